The Balaban J connectivity index is 1.82. The first-order valence-electron chi connectivity index (χ1n) is 4.34. The second-order valence-electron chi connectivity index (χ2n) is 4.00. The van der Waals surface area contributed by atoms with E-state index in [1.165, 1.54) is 10.5 Å². The summed E-state index contributed by atoms with van der Waals surface area (Å²) in [7, 11) is 1.64. The summed E-state index contributed by atoms with van der Waals surface area (Å²) in [6.45, 7) is 1.40. The Morgan fingerprint density at radius 1 is 1.62 bits per heavy atom. The summed E-state index contributed by atoms with van der Waals surface area (Å²) in [5.41, 5.74) is 1.57. The van der Waals surface area contributed by atoms with Crippen LogP contribution < -0.4 is 0 Å². The second-order valence-corrected chi connectivity index (χ2v) is 4.00. The van der Waals surface area contributed by atoms with E-state index >= 15 is 0 Å². The second kappa shape index (κ2) is 2.65. The van der Waals surface area contributed by atoms with Crippen LogP contribution in [0.15, 0.2) is 11.8 Å². The minimum atomic E-state index is -0.796. The molecule has 0 aromatic carbocycles. The topological polar surface area (TPSA) is 49.8 Å². The molecule has 2 fully saturated rings. The fourth-order valence-corrected chi connectivity index (χ4v) is 2.28. The van der Waals surface area contributed by atoms with Crippen molar-refractivity contribution >= 4 is 6.09 Å². The fraction of sp³-hybridized carbons (Fsp3) is 0.667. The van der Waals surface area contributed by atoms with Gasteiger partial charge >= 0.3 is 6.09 Å². The Kier molecular flexibility index (Phi) is 1.71. The maximum atomic E-state index is 10.5. The number of likely N-dealkylation sites (tertiary alicyclic amines) is 1. The summed E-state index contributed by atoms with van der Waals surface area (Å²) in [6.07, 6.45) is 2.99. The van der Waals surface area contributed by atoms with Crippen molar-refractivity contribution in [2.45, 2.75) is 12.8 Å². The highest BCUT2D eigenvalue weighted by atomic mass is 16.5. The van der Waals surface area contributed by atoms with Crippen LogP contribution >= 0.6 is 0 Å². The highest BCUT2D eigenvalue weighted by Crippen LogP contribution is 2.51. The zero-order valence-corrected chi connectivity index (χ0v) is 7.62. The molecule has 0 aromatic heterocycles. The summed E-state index contributed by atoms with van der Waals surface area (Å²) >= 11 is 0. The summed E-state index contributed by atoms with van der Waals surface area (Å²) in [5, 5.41) is 8.64. The van der Waals surface area contributed by atoms with Gasteiger partial charge in [0.15, 0.2) is 0 Å². The van der Waals surface area contributed by atoms with Crippen LogP contribution in [0.2, 0.25) is 0 Å². The van der Waals surface area contributed by atoms with Gasteiger partial charge < -0.3 is 14.7 Å². The lowest BCUT2D eigenvalue weighted by Crippen LogP contribution is -2.61. The van der Waals surface area contributed by atoms with Gasteiger partial charge in [0.1, 0.15) is 0 Å². The van der Waals surface area contributed by atoms with Crippen LogP contribution in [-0.4, -0.2) is 36.3 Å². The molecule has 1 heterocycles. The first-order chi connectivity index (χ1) is 6.15. The Bertz CT molecular complexity index is 256. The number of hydrogen-bond acceptors (Lipinski definition) is 2. The number of amides is 1. The number of ether oxygens (including phenoxy) is 1. The number of hydrogen-bond donors (Lipinski definition) is 1. The highest BCUT2D eigenvalue weighted by Gasteiger charge is 2.51. The van der Waals surface area contributed by atoms with Crippen molar-refractivity contribution in [3.05, 3.63) is 11.8 Å². The minimum absolute atomic E-state index is 0.267. The van der Waals surface area contributed by atoms with E-state index in [2.05, 4.69) is 0 Å². The van der Waals surface area contributed by atoms with Gasteiger partial charge in [-0.1, -0.05) is 0 Å². The first-order valence-corrected chi connectivity index (χ1v) is 4.34. The zero-order chi connectivity index (χ0) is 9.47. The molecule has 1 N–H and O–H groups in total. The van der Waals surface area contributed by atoms with Crippen molar-refractivity contribution in [3.8, 4) is 0 Å². The molecule has 13 heavy (non-hydrogen) atoms. The van der Waals surface area contributed by atoms with Gasteiger partial charge in [0.2, 0.25) is 0 Å². The lowest BCUT2D eigenvalue weighted by atomic mass is 9.61. The molecule has 1 aliphatic carbocycles. The number of methoxy groups -OCH3 is 1. The fourth-order valence-electron chi connectivity index (χ4n) is 2.28. The van der Waals surface area contributed by atoms with Gasteiger partial charge in [0, 0.05) is 18.5 Å². The molecule has 1 spiro atoms. The predicted octanol–water partition coefficient (Wildman–Crippen LogP) is 1.29. The van der Waals surface area contributed by atoms with Crippen molar-refractivity contribution in [1.29, 1.82) is 0 Å². The quantitative estimate of drug-likeness (QED) is 0.623. The van der Waals surface area contributed by atoms with Crippen molar-refractivity contribution in [3.63, 3.8) is 0 Å². The van der Waals surface area contributed by atoms with Gasteiger partial charge in [-0.05, 0) is 18.4 Å². The lowest BCUT2D eigenvalue weighted by Gasteiger charge is -2.55. The average molecular weight is 183 g/mol. The van der Waals surface area contributed by atoms with E-state index in [4.69, 9.17) is 9.84 Å². The molecule has 1 saturated carbocycles. The minimum Gasteiger partial charge on any atom is -0.504 e. The maximum absolute atomic E-state index is 10.5. The monoisotopic (exact) mass is 183 g/mol. The van der Waals surface area contributed by atoms with Gasteiger partial charge in [0.25, 0.3) is 0 Å². The van der Waals surface area contributed by atoms with Crippen LogP contribution in [0, 0.1) is 5.41 Å². The molecule has 0 unspecified atom stereocenters. The highest BCUT2D eigenvalue weighted by molar-refractivity contribution is 5.66. The Labute approximate surface area is 76.8 Å². The van der Waals surface area contributed by atoms with Crippen LogP contribution in [-0.2, 0) is 4.74 Å². The molecule has 1 aliphatic heterocycles. The summed E-state index contributed by atoms with van der Waals surface area (Å²) < 4.78 is 4.89. The lowest BCUT2D eigenvalue weighted by molar-refractivity contribution is -0.0185. The number of carboxylic acid groups (broad SMARTS) is 1. The van der Waals surface area contributed by atoms with Gasteiger partial charge in [-0.25, -0.2) is 4.79 Å². The van der Waals surface area contributed by atoms with Crippen LogP contribution in [0.1, 0.15) is 12.8 Å². The summed E-state index contributed by atoms with van der Waals surface area (Å²) in [6, 6.07) is 0. The maximum Gasteiger partial charge on any atom is 0.407 e. The van der Waals surface area contributed by atoms with E-state index in [0.717, 1.165) is 12.8 Å². The van der Waals surface area contributed by atoms with Crippen molar-refractivity contribution in [1.82, 2.24) is 4.90 Å². The van der Waals surface area contributed by atoms with E-state index in [1.54, 1.807) is 13.4 Å². The van der Waals surface area contributed by atoms with E-state index in [9.17, 15) is 4.79 Å². The molecule has 4 heteroatoms. The van der Waals surface area contributed by atoms with Crippen molar-refractivity contribution < 1.29 is 14.6 Å². The Morgan fingerprint density at radius 3 is 2.69 bits per heavy atom. The van der Waals surface area contributed by atoms with Gasteiger partial charge in [0.05, 0.1) is 13.4 Å². The van der Waals surface area contributed by atoms with Gasteiger partial charge in [-0.15, -0.1) is 0 Å². The third-order valence-electron chi connectivity index (χ3n) is 2.81. The molecule has 0 radical (unpaired) electrons. The van der Waals surface area contributed by atoms with Crippen LogP contribution in [0.4, 0.5) is 4.79 Å². The predicted molar refractivity (Wildman–Crippen MR) is 46.4 cm³/mol. The van der Waals surface area contributed by atoms with E-state index in [0.29, 0.717) is 13.1 Å². The third kappa shape index (κ3) is 1.26. The molecule has 0 atom stereocenters. The van der Waals surface area contributed by atoms with Crippen molar-refractivity contribution in [2.75, 3.05) is 20.2 Å². The van der Waals surface area contributed by atoms with E-state index in [-0.39, 0.29) is 5.41 Å². The number of allylic oxidation sites excluding steroid dienone is 1. The molecule has 72 valence electrons. The Morgan fingerprint density at radius 2 is 2.23 bits per heavy atom. The number of carbonyl (C=O) groups is 1. The molecule has 0 bridgehead atoms. The summed E-state index contributed by atoms with van der Waals surface area (Å²) in [5.74, 6) is 0. The normalized spacial score (nSPS) is 23.5. The standard InChI is InChI=1S/C9H13NO3/c1-13-4-7-2-9(3-7)5-10(6-9)8(11)12/h4H,2-3,5-6H2,1H3,(H,11,12). The molecule has 2 rings (SSSR count). The van der Waals surface area contributed by atoms with Gasteiger partial charge in [-0.2, -0.15) is 0 Å². The molecule has 0 aromatic rings. The SMILES string of the molecule is COC=C1CC2(C1)CN(C(=O)O)C2. The number of rotatable bonds is 1. The molecule has 4 nitrogen and oxygen atoms in total. The Hall–Kier alpha value is -1.19. The summed E-state index contributed by atoms with van der Waals surface area (Å²) in [4.78, 5) is 12.0. The third-order valence-corrected chi connectivity index (χ3v) is 2.81. The molecular weight excluding hydrogens is 170 g/mol. The largest absolute Gasteiger partial charge is 0.504 e. The van der Waals surface area contributed by atoms with Crippen molar-refractivity contribution in [2.24, 2.45) is 5.41 Å². The van der Waals surface area contributed by atoms with E-state index in [1.807, 2.05) is 0 Å². The average Bonchev–Trinajstić information content (AvgIpc) is 1.90. The van der Waals surface area contributed by atoms with Crippen LogP contribution in [0.3, 0.4) is 0 Å². The van der Waals surface area contributed by atoms with E-state index < -0.39 is 6.09 Å². The van der Waals surface area contributed by atoms with Gasteiger partial charge in [-0.3, -0.25) is 0 Å². The molecular formula is C9H13NO3. The van der Waals surface area contributed by atoms with Crippen LogP contribution in [0.25, 0.3) is 0 Å². The molecule has 2 aliphatic rings. The molecule has 1 amide bonds. The number of nitrogens with zero attached hydrogens (tertiary/aromatic N) is 1. The first kappa shape index (κ1) is 8.41. The smallest absolute Gasteiger partial charge is 0.407 e. The molecule has 1 saturated heterocycles. The zero-order valence-electron chi connectivity index (χ0n) is 7.62. The van der Waals surface area contributed by atoms with Crippen LogP contribution in [0.5, 0.6) is 0 Å².